The fourth-order valence-corrected chi connectivity index (χ4v) is 4.91. The number of nitrogens with zero attached hydrogens (tertiary/aromatic N) is 7. The Morgan fingerprint density at radius 3 is 2.84 bits per heavy atom. The molecule has 0 amide bonds. The van der Waals surface area contributed by atoms with Gasteiger partial charge in [0.1, 0.15) is 18.5 Å². The lowest BCUT2D eigenvalue weighted by atomic mass is 9.99. The summed E-state index contributed by atoms with van der Waals surface area (Å²) in [4.78, 5) is 7.48. The molecule has 1 aliphatic heterocycles. The lowest BCUT2D eigenvalue weighted by Gasteiger charge is -2.23. The molecule has 0 spiro atoms. The first-order chi connectivity index (χ1) is 18.1. The van der Waals surface area contributed by atoms with Crippen molar-refractivity contribution in [3.63, 3.8) is 0 Å². The highest BCUT2D eigenvalue weighted by Gasteiger charge is 2.24. The highest BCUT2D eigenvalue weighted by molar-refractivity contribution is 6.05. The zero-order valence-corrected chi connectivity index (χ0v) is 20.3. The summed E-state index contributed by atoms with van der Waals surface area (Å²) in [5.74, 6) is 0.223. The van der Waals surface area contributed by atoms with E-state index in [1.54, 1.807) is 12.5 Å². The van der Waals surface area contributed by atoms with Crippen LogP contribution in [0.4, 0.5) is 0 Å². The van der Waals surface area contributed by atoms with Gasteiger partial charge in [0.25, 0.3) is 0 Å². The van der Waals surface area contributed by atoms with Crippen molar-refractivity contribution in [3.8, 4) is 33.6 Å². The average molecular weight is 495 g/mol. The van der Waals surface area contributed by atoms with Crippen molar-refractivity contribution in [1.82, 2.24) is 34.6 Å². The van der Waals surface area contributed by atoms with Crippen LogP contribution in [0, 0.1) is 12.3 Å². The van der Waals surface area contributed by atoms with Gasteiger partial charge in [0.2, 0.25) is 0 Å². The van der Waals surface area contributed by atoms with Gasteiger partial charge in [-0.2, -0.15) is 0 Å². The molecule has 0 radical (unpaired) electrons. The Morgan fingerprint density at radius 2 is 2.00 bits per heavy atom. The van der Waals surface area contributed by atoms with Gasteiger partial charge in [-0.25, -0.2) is 9.67 Å². The molecule has 4 N–H and O–H groups in total. The Morgan fingerprint density at radius 1 is 1.16 bits per heavy atom. The van der Waals surface area contributed by atoms with Gasteiger partial charge in [-0.3, -0.25) is 9.81 Å². The minimum absolute atomic E-state index is 0.192. The molecule has 0 bridgehead atoms. The molecule has 5 aromatic rings. The van der Waals surface area contributed by atoms with Crippen LogP contribution in [0.5, 0.6) is 0 Å². The van der Waals surface area contributed by atoms with Crippen molar-refractivity contribution in [3.05, 3.63) is 66.4 Å². The van der Waals surface area contributed by atoms with Crippen molar-refractivity contribution in [2.75, 3.05) is 13.2 Å². The first-order valence-corrected chi connectivity index (χ1v) is 12.1. The second-order valence-corrected chi connectivity index (χ2v) is 9.07. The molecule has 11 nitrogen and oxygen atoms in total. The van der Waals surface area contributed by atoms with Crippen molar-refractivity contribution in [2.45, 2.75) is 25.8 Å². The topological polar surface area (TPSA) is 148 Å². The summed E-state index contributed by atoms with van der Waals surface area (Å²) in [6.07, 6.45) is 8.17. The molecule has 4 aromatic heterocycles. The van der Waals surface area contributed by atoms with Crippen LogP contribution in [0.25, 0.3) is 39.3 Å². The molecule has 6 rings (SSSR count). The molecule has 186 valence electrons. The van der Waals surface area contributed by atoms with Crippen LogP contribution in [0.1, 0.15) is 30.1 Å². The van der Waals surface area contributed by atoms with Crippen molar-refractivity contribution in [1.29, 1.82) is 5.41 Å². The highest BCUT2D eigenvalue weighted by Crippen LogP contribution is 2.34. The molecule has 0 aliphatic carbocycles. The Bertz CT molecular complexity index is 1620. The second kappa shape index (κ2) is 9.43. The summed E-state index contributed by atoms with van der Waals surface area (Å²) < 4.78 is 9.40. The highest BCUT2D eigenvalue weighted by atomic mass is 16.5. The maximum Gasteiger partial charge on any atom is 0.160 e. The predicted molar refractivity (Wildman–Crippen MR) is 141 cm³/mol. The minimum Gasteiger partial charge on any atom is -0.382 e. The predicted octanol–water partition coefficient (Wildman–Crippen LogP) is 3.62. The number of pyridine rings is 1. The molecule has 1 aromatic carbocycles. The number of aliphatic imine (C=N–C) groups is 1. The standard InChI is InChI=1S/C26H26N10O/c1-16-9-24-33-31-15-35(24)13-21(16)17-3-2-4-18(10-17)22-11-20(25(32-22)26(28)29-14-27)23-12-30-34-36(23)19-5-7-37-8-6-19/h2-4,9-15,19,32H,5-8H2,1H3,(H3,27,28,29). The normalized spacial score (nSPS) is 14.9. The van der Waals surface area contributed by atoms with Gasteiger partial charge < -0.3 is 15.5 Å². The third kappa shape index (κ3) is 4.19. The van der Waals surface area contributed by atoms with Crippen LogP contribution < -0.4 is 5.73 Å². The number of nitrogens with two attached hydrogens (primary N) is 1. The molecule has 0 saturated carbocycles. The Kier molecular flexibility index (Phi) is 5.81. The van der Waals surface area contributed by atoms with Gasteiger partial charge in [0.05, 0.1) is 23.6 Å². The monoisotopic (exact) mass is 494 g/mol. The molecular formula is C26H26N10O. The maximum absolute atomic E-state index is 7.43. The quantitative estimate of drug-likeness (QED) is 0.242. The summed E-state index contributed by atoms with van der Waals surface area (Å²) in [5.41, 5.74) is 14.5. The smallest absolute Gasteiger partial charge is 0.160 e. The van der Waals surface area contributed by atoms with Gasteiger partial charge in [0.15, 0.2) is 5.65 Å². The number of hydrogen-bond donors (Lipinski definition) is 3. The van der Waals surface area contributed by atoms with E-state index in [-0.39, 0.29) is 11.9 Å². The summed E-state index contributed by atoms with van der Waals surface area (Å²) in [6, 6.07) is 12.6. The molecule has 5 heterocycles. The Balaban J connectivity index is 1.45. The first-order valence-electron chi connectivity index (χ1n) is 12.1. The molecule has 1 saturated heterocycles. The van der Waals surface area contributed by atoms with Crippen LogP contribution in [0.2, 0.25) is 0 Å². The van der Waals surface area contributed by atoms with Gasteiger partial charge in [-0.05, 0) is 54.7 Å². The van der Waals surface area contributed by atoms with Crippen LogP contribution in [0.3, 0.4) is 0 Å². The minimum atomic E-state index is 0.192. The number of rotatable bonds is 6. The van der Waals surface area contributed by atoms with E-state index in [0.717, 1.165) is 64.0 Å². The van der Waals surface area contributed by atoms with Crippen LogP contribution in [-0.4, -0.2) is 60.0 Å². The van der Waals surface area contributed by atoms with Gasteiger partial charge >= 0.3 is 0 Å². The van der Waals surface area contributed by atoms with E-state index < -0.39 is 0 Å². The van der Waals surface area contributed by atoms with Crippen LogP contribution >= 0.6 is 0 Å². The van der Waals surface area contributed by atoms with E-state index in [9.17, 15) is 0 Å². The number of ether oxygens (including phenoxy) is 1. The van der Waals surface area contributed by atoms with Crippen molar-refractivity contribution < 1.29 is 4.74 Å². The summed E-state index contributed by atoms with van der Waals surface area (Å²) in [5, 5.41) is 24.2. The fraction of sp³-hybridized carbons (Fsp3) is 0.231. The van der Waals surface area contributed by atoms with Gasteiger partial charge in [-0.1, -0.05) is 23.4 Å². The van der Waals surface area contributed by atoms with Crippen molar-refractivity contribution in [2.24, 2.45) is 10.7 Å². The van der Waals surface area contributed by atoms with E-state index in [2.05, 4.69) is 49.5 Å². The molecule has 0 unspecified atom stereocenters. The van der Waals surface area contributed by atoms with Crippen LogP contribution in [0.15, 0.2) is 60.1 Å². The maximum atomic E-state index is 7.43. The van der Waals surface area contributed by atoms with E-state index >= 15 is 0 Å². The zero-order chi connectivity index (χ0) is 25.4. The molecule has 0 atom stereocenters. The number of H-pyrrole nitrogens is 1. The number of aryl methyl sites for hydroxylation is 1. The van der Waals surface area contributed by atoms with Crippen molar-refractivity contribution >= 4 is 17.8 Å². The molecule has 37 heavy (non-hydrogen) atoms. The Labute approximate surface area is 212 Å². The fourth-order valence-electron chi connectivity index (χ4n) is 4.91. The SMILES string of the molecule is Cc1cc2nncn2cc1-c1cccc(-c2cc(-c3cnnn3C3CCOCC3)c(/C(N)=N\C=N)[nH]2)c1. The molecule has 11 heteroatoms. The lowest BCUT2D eigenvalue weighted by Crippen LogP contribution is -2.22. The van der Waals surface area contributed by atoms with E-state index in [1.165, 1.54) is 0 Å². The first kappa shape index (κ1) is 22.8. The lowest BCUT2D eigenvalue weighted by molar-refractivity contribution is 0.0662. The second-order valence-electron chi connectivity index (χ2n) is 9.07. The molecule has 1 aliphatic rings. The number of benzene rings is 1. The molecule has 1 fully saturated rings. The summed E-state index contributed by atoms with van der Waals surface area (Å²) >= 11 is 0. The molecular weight excluding hydrogens is 468 g/mol. The Hall–Kier alpha value is -4.64. The van der Waals surface area contributed by atoms with E-state index in [1.807, 2.05) is 39.5 Å². The summed E-state index contributed by atoms with van der Waals surface area (Å²) in [7, 11) is 0. The van der Waals surface area contributed by atoms with Gasteiger partial charge in [-0.15, -0.1) is 15.3 Å². The number of nitrogens with one attached hydrogen (secondary N) is 2. The number of amidine groups is 1. The third-order valence-corrected chi connectivity index (χ3v) is 6.79. The number of hydrogen-bond acceptors (Lipinski definition) is 6. The van der Waals surface area contributed by atoms with Crippen LogP contribution in [-0.2, 0) is 4.74 Å². The number of fused-ring (bicyclic) bond motifs is 1. The third-order valence-electron chi connectivity index (χ3n) is 6.79. The van der Waals surface area contributed by atoms with Gasteiger partial charge in [0, 0.05) is 36.2 Å². The average Bonchev–Trinajstić information content (AvgIpc) is 3.68. The zero-order valence-electron chi connectivity index (χ0n) is 20.3. The number of aromatic amines is 1. The largest absolute Gasteiger partial charge is 0.382 e. The van der Waals surface area contributed by atoms with E-state index in [0.29, 0.717) is 18.9 Å². The summed E-state index contributed by atoms with van der Waals surface area (Å²) in [6.45, 7) is 3.46. The number of aromatic nitrogens is 7. The van der Waals surface area contributed by atoms with E-state index in [4.69, 9.17) is 15.9 Å².